The second kappa shape index (κ2) is 8.26. The summed E-state index contributed by atoms with van der Waals surface area (Å²) in [4.78, 5) is 1.36. The zero-order valence-electron chi connectivity index (χ0n) is 14.7. The van der Waals surface area contributed by atoms with E-state index in [0.717, 1.165) is 36.3 Å². The van der Waals surface area contributed by atoms with Crippen LogP contribution in [0.1, 0.15) is 17.2 Å². The van der Waals surface area contributed by atoms with Gasteiger partial charge in [0, 0.05) is 0 Å². The second-order valence-electron chi connectivity index (χ2n) is 6.60. The summed E-state index contributed by atoms with van der Waals surface area (Å²) >= 11 is 0. The van der Waals surface area contributed by atoms with Crippen LogP contribution in [0.15, 0.2) is 53.4 Å². The lowest BCUT2D eigenvalue weighted by atomic mass is 10.1. The molecule has 2 aromatic rings. The van der Waals surface area contributed by atoms with Crippen LogP contribution in [0.2, 0.25) is 0 Å². The van der Waals surface area contributed by atoms with E-state index in [1.807, 2.05) is 31.2 Å². The molecule has 0 saturated carbocycles. The van der Waals surface area contributed by atoms with E-state index < -0.39 is 15.8 Å². The van der Waals surface area contributed by atoms with E-state index in [4.69, 9.17) is 4.74 Å². The number of halogens is 1. The highest BCUT2D eigenvalue weighted by atomic mass is 32.2. The molecule has 5 nitrogen and oxygen atoms in total. The van der Waals surface area contributed by atoms with Crippen molar-refractivity contribution in [1.29, 1.82) is 0 Å². The van der Waals surface area contributed by atoms with Crippen LogP contribution in [0.3, 0.4) is 0 Å². The lowest BCUT2D eigenvalue weighted by Crippen LogP contribution is -3.14. The molecule has 2 N–H and O–H groups in total. The number of nitrogens with one attached hydrogen (secondary N) is 2. The van der Waals surface area contributed by atoms with Gasteiger partial charge in [0.15, 0.2) is 0 Å². The van der Waals surface area contributed by atoms with Crippen LogP contribution in [-0.2, 0) is 14.8 Å². The zero-order chi connectivity index (χ0) is 18.6. The normalized spacial score (nSPS) is 17.2. The first-order chi connectivity index (χ1) is 12.4. The topological polar surface area (TPSA) is 59.8 Å². The van der Waals surface area contributed by atoms with Crippen molar-refractivity contribution in [3.63, 3.8) is 0 Å². The minimum Gasteiger partial charge on any atom is -0.370 e. The van der Waals surface area contributed by atoms with E-state index in [1.54, 1.807) is 0 Å². The molecule has 1 atom stereocenters. The fraction of sp³-hybridized carbons (Fsp3) is 0.368. The molecule has 0 amide bonds. The Morgan fingerprint density at radius 3 is 2.31 bits per heavy atom. The van der Waals surface area contributed by atoms with E-state index in [1.165, 1.54) is 17.0 Å². The maximum Gasteiger partial charge on any atom is 0.241 e. The Hall–Kier alpha value is -1.80. The van der Waals surface area contributed by atoms with E-state index in [2.05, 4.69) is 4.72 Å². The molecule has 3 rings (SSSR count). The molecule has 0 aliphatic carbocycles. The Balaban J connectivity index is 1.84. The second-order valence-corrected chi connectivity index (χ2v) is 8.32. The van der Waals surface area contributed by atoms with Crippen LogP contribution < -0.4 is 9.62 Å². The fourth-order valence-electron chi connectivity index (χ4n) is 3.05. The van der Waals surface area contributed by atoms with Gasteiger partial charge >= 0.3 is 0 Å². The van der Waals surface area contributed by atoms with Crippen molar-refractivity contribution in [1.82, 2.24) is 4.72 Å². The van der Waals surface area contributed by atoms with Crippen molar-refractivity contribution in [2.75, 3.05) is 32.8 Å². The number of quaternary nitrogens is 1. The molecule has 1 heterocycles. The molecule has 1 aliphatic heterocycles. The largest absolute Gasteiger partial charge is 0.370 e. The summed E-state index contributed by atoms with van der Waals surface area (Å²) in [5.74, 6) is -0.461. The summed E-state index contributed by atoms with van der Waals surface area (Å²) in [5.41, 5.74) is 2.04. The Bertz CT molecular complexity index is 817. The molecule has 2 aromatic carbocycles. The SMILES string of the molecule is Cc1ccc([C@H](C[NH+]2CCOCC2)NS(=O)(=O)c2ccc(F)cc2)cc1. The molecular formula is C19H24FN2O3S+. The van der Waals surface area contributed by atoms with Gasteiger partial charge in [0.2, 0.25) is 10.0 Å². The van der Waals surface area contributed by atoms with Crippen LogP contribution in [0.25, 0.3) is 0 Å². The van der Waals surface area contributed by atoms with Crippen LogP contribution in [0.5, 0.6) is 0 Å². The van der Waals surface area contributed by atoms with Gasteiger partial charge in [0.25, 0.3) is 0 Å². The van der Waals surface area contributed by atoms with Crippen molar-refractivity contribution in [2.24, 2.45) is 0 Å². The zero-order valence-corrected chi connectivity index (χ0v) is 15.6. The number of rotatable bonds is 6. The van der Waals surface area contributed by atoms with Crippen molar-refractivity contribution < 1.29 is 22.4 Å². The first-order valence-corrected chi connectivity index (χ1v) is 10.2. The van der Waals surface area contributed by atoms with Crippen molar-refractivity contribution >= 4 is 10.0 Å². The van der Waals surface area contributed by atoms with Gasteiger partial charge < -0.3 is 9.64 Å². The van der Waals surface area contributed by atoms with Gasteiger partial charge in [-0.2, -0.15) is 4.72 Å². The van der Waals surface area contributed by atoms with Crippen molar-refractivity contribution in [3.05, 3.63) is 65.5 Å². The number of sulfonamides is 1. The molecule has 1 aliphatic rings. The molecule has 1 fully saturated rings. The highest BCUT2D eigenvalue weighted by Crippen LogP contribution is 2.17. The number of hydrogen-bond donors (Lipinski definition) is 2. The molecular weight excluding hydrogens is 355 g/mol. The molecule has 0 radical (unpaired) electrons. The summed E-state index contributed by atoms with van der Waals surface area (Å²) in [6.07, 6.45) is 0. The predicted molar refractivity (Wildman–Crippen MR) is 97.0 cm³/mol. The maximum atomic E-state index is 13.1. The lowest BCUT2D eigenvalue weighted by molar-refractivity contribution is -0.909. The molecule has 0 bridgehead atoms. The molecule has 0 unspecified atom stereocenters. The van der Waals surface area contributed by atoms with Crippen molar-refractivity contribution in [2.45, 2.75) is 17.9 Å². The van der Waals surface area contributed by atoms with Gasteiger partial charge in [-0.15, -0.1) is 0 Å². The summed E-state index contributed by atoms with van der Waals surface area (Å²) in [5, 5.41) is 0. The Morgan fingerprint density at radius 2 is 1.69 bits per heavy atom. The minimum absolute atomic E-state index is 0.0630. The van der Waals surface area contributed by atoms with Crippen LogP contribution >= 0.6 is 0 Å². The summed E-state index contributed by atoms with van der Waals surface area (Å²) in [6.45, 7) is 5.68. The van der Waals surface area contributed by atoms with Gasteiger partial charge in [0.05, 0.1) is 30.7 Å². The van der Waals surface area contributed by atoms with Crippen LogP contribution in [0.4, 0.5) is 4.39 Å². The van der Waals surface area contributed by atoms with Crippen molar-refractivity contribution in [3.8, 4) is 0 Å². The van der Waals surface area contributed by atoms with E-state index in [0.29, 0.717) is 19.8 Å². The average Bonchev–Trinajstić information content (AvgIpc) is 2.63. The van der Waals surface area contributed by atoms with Gasteiger partial charge in [0.1, 0.15) is 18.9 Å². The number of hydrogen-bond acceptors (Lipinski definition) is 3. The third kappa shape index (κ3) is 4.88. The highest BCUT2D eigenvalue weighted by molar-refractivity contribution is 7.89. The number of benzene rings is 2. The van der Waals surface area contributed by atoms with Gasteiger partial charge in [-0.25, -0.2) is 12.8 Å². The molecule has 26 heavy (non-hydrogen) atoms. The summed E-state index contributed by atoms with van der Waals surface area (Å²) < 4.78 is 46.8. The highest BCUT2D eigenvalue weighted by Gasteiger charge is 2.26. The Labute approximate surface area is 153 Å². The third-order valence-electron chi connectivity index (χ3n) is 4.59. The Morgan fingerprint density at radius 1 is 1.08 bits per heavy atom. The Kier molecular flexibility index (Phi) is 6.03. The quantitative estimate of drug-likeness (QED) is 0.789. The monoisotopic (exact) mass is 379 g/mol. The molecule has 0 spiro atoms. The first-order valence-electron chi connectivity index (χ1n) is 8.70. The van der Waals surface area contributed by atoms with Crippen LogP contribution in [0, 0.1) is 12.7 Å². The molecule has 1 saturated heterocycles. The van der Waals surface area contributed by atoms with Gasteiger partial charge in [-0.1, -0.05) is 29.8 Å². The first kappa shape index (κ1) is 19.0. The predicted octanol–water partition coefficient (Wildman–Crippen LogP) is 1.07. The molecule has 0 aromatic heterocycles. The molecule has 140 valence electrons. The van der Waals surface area contributed by atoms with E-state index in [9.17, 15) is 12.8 Å². The summed E-state index contributed by atoms with van der Waals surface area (Å²) in [7, 11) is -3.75. The summed E-state index contributed by atoms with van der Waals surface area (Å²) in [6, 6.07) is 12.4. The number of morpholine rings is 1. The number of ether oxygens (including phenoxy) is 1. The molecule has 7 heteroatoms. The standard InChI is InChI=1S/C19H23FN2O3S/c1-15-2-4-16(5-3-15)19(14-22-10-12-25-13-11-22)21-26(23,24)18-8-6-17(20)7-9-18/h2-9,19,21H,10-14H2,1H3/p+1/t19-/m0/s1. The average molecular weight is 379 g/mol. The minimum atomic E-state index is -3.75. The van der Waals surface area contributed by atoms with Gasteiger partial charge in [-0.3, -0.25) is 0 Å². The fourth-order valence-corrected chi connectivity index (χ4v) is 4.27. The maximum absolute atomic E-state index is 13.1. The van der Waals surface area contributed by atoms with E-state index in [-0.39, 0.29) is 10.9 Å². The van der Waals surface area contributed by atoms with Gasteiger partial charge in [-0.05, 0) is 36.8 Å². The van der Waals surface area contributed by atoms with E-state index >= 15 is 0 Å². The third-order valence-corrected chi connectivity index (χ3v) is 6.08. The number of aryl methyl sites for hydroxylation is 1. The van der Waals surface area contributed by atoms with Crippen LogP contribution in [-0.4, -0.2) is 41.3 Å². The smallest absolute Gasteiger partial charge is 0.241 e. The lowest BCUT2D eigenvalue weighted by Gasteiger charge is -2.28.